The number of esters is 2. The molecule has 0 saturated carbocycles. The van der Waals surface area contributed by atoms with Crippen molar-refractivity contribution in [3.63, 3.8) is 0 Å². The van der Waals surface area contributed by atoms with Gasteiger partial charge in [-0.1, -0.05) is 42.5 Å². The molecule has 0 radical (unpaired) electrons. The van der Waals surface area contributed by atoms with Crippen LogP contribution >= 0.6 is 11.8 Å². The lowest BCUT2D eigenvalue weighted by molar-refractivity contribution is -0.146. The summed E-state index contributed by atoms with van der Waals surface area (Å²) in [6.45, 7) is 1.80. The van der Waals surface area contributed by atoms with Crippen molar-refractivity contribution >= 4 is 29.8 Å². The molecule has 0 amide bonds. The number of allylic oxidation sites excluding steroid dienone is 2. The van der Waals surface area contributed by atoms with Crippen molar-refractivity contribution in [1.29, 1.82) is 5.26 Å². The number of ether oxygens (including phenoxy) is 4. The molecule has 1 saturated heterocycles. The second-order valence-corrected chi connectivity index (χ2v) is 14.2. The average Bonchev–Trinajstić information content (AvgIpc) is 3.66. The van der Waals surface area contributed by atoms with E-state index in [0.29, 0.717) is 11.1 Å². The minimum Gasteiger partial charge on any atom is -0.460 e. The lowest BCUT2D eigenvalue weighted by atomic mass is 9.89. The molecule has 54 heavy (non-hydrogen) atoms. The van der Waals surface area contributed by atoms with E-state index in [9.17, 15) is 18.4 Å². The first-order valence-corrected chi connectivity index (χ1v) is 17.7. The highest BCUT2D eigenvalue weighted by molar-refractivity contribution is 8.00. The number of thioether (sulfide) groups is 1. The van der Waals surface area contributed by atoms with E-state index in [1.807, 2.05) is 6.07 Å². The molecule has 11 nitrogen and oxygen atoms in total. The van der Waals surface area contributed by atoms with Crippen LogP contribution in [0, 0.1) is 28.8 Å². The minimum atomic E-state index is -1.79. The fraction of sp³-hybridized carbons (Fsp3) is 0.308. The summed E-state index contributed by atoms with van der Waals surface area (Å²) in [6, 6.07) is 15.6. The highest BCUT2D eigenvalue weighted by Gasteiger charge is 2.47. The van der Waals surface area contributed by atoms with Gasteiger partial charge in [-0.2, -0.15) is 10.4 Å². The predicted molar refractivity (Wildman–Crippen MR) is 194 cm³/mol. The molecule has 0 N–H and O–H groups in total. The molecule has 5 rings (SSSR count). The summed E-state index contributed by atoms with van der Waals surface area (Å²) in [6.07, 6.45) is 8.46. The first kappa shape index (κ1) is 39.9. The van der Waals surface area contributed by atoms with Crippen LogP contribution in [0.3, 0.4) is 0 Å². The van der Waals surface area contributed by atoms with E-state index >= 15 is 4.39 Å². The predicted octanol–water partition coefficient (Wildman–Crippen LogP) is 6.06. The van der Waals surface area contributed by atoms with E-state index < -0.39 is 46.5 Å². The smallest absolute Gasteiger partial charge is 0.339 e. The van der Waals surface area contributed by atoms with Gasteiger partial charge in [0.15, 0.2) is 11.9 Å². The Bertz CT molecular complexity index is 2010. The third kappa shape index (κ3) is 10.4. The van der Waals surface area contributed by atoms with E-state index in [1.165, 1.54) is 53.4 Å². The molecule has 3 aromatic carbocycles. The molecule has 1 aliphatic rings. The quantitative estimate of drug-likeness (QED) is 0.104. The van der Waals surface area contributed by atoms with Gasteiger partial charge in [0.05, 0.1) is 48.7 Å². The van der Waals surface area contributed by atoms with Gasteiger partial charge in [-0.15, -0.1) is 11.8 Å². The van der Waals surface area contributed by atoms with Gasteiger partial charge in [-0.3, -0.25) is 9.69 Å². The number of likely N-dealkylation sites (N-methyl/N-ethyl adjacent to an activating group) is 1. The van der Waals surface area contributed by atoms with Crippen LogP contribution in [0.5, 0.6) is 0 Å². The maximum absolute atomic E-state index is 15.9. The Balaban J connectivity index is 1.36. The number of nitrogens with zero attached hydrogens (tertiary/aromatic N) is 5. The minimum absolute atomic E-state index is 0.0377. The molecular weight excluding hydrogens is 724 g/mol. The van der Waals surface area contributed by atoms with Gasteiger partial charge in [0.25, 0.3) is 0 Å². The molecule has 0 aliphatic carbocycles. The van der Waals surface area contributed by atoms with Crippen LogP contribution in [-0.4, -0.2) is 82.2 Å². The van der Waals surface area contributed by atoms with E-state index in [1.54, 1.807) is 68.4 Å². The molecule has 1 aliphatic heterocycles. The topological polar surface area (TPSA) is 129 Å². The van der Waals surface area contributed by atoms with Crippen molar-refractivity contribution in [3.05, 3.63) is 137 Å². The van der Waals surface area contributed by atoms with E-state index in [0.717, 1.165) is 18.2 Å². The largest absolute Gasteiger partial charge is 0.460 e. The summed E-state index contributed by atoms with van der Waals surface area (Å²) in [4.78, 5) is 32.1. The Kier molecular flexibility index (Phi) is 13.8. The third-order valence-corrected chi connectivity index (χ3v) is 9.77. The van der Waals surface area contributed by atoms with Gasteiger partial charge < -0.3 is 18.9 Å². The van der Waals surface area contributed by atoms with E-state index in [2.05, 4.69) is 10.1 Å². The molecule has 1 fully saturated rings. The number of carbonyl (C=O) groups excluding carboxylic acids is 2. The summed E-state index contributed by atoms with van der Waals surface area (Å²) in [5.74, 6) is -3.59. The number of nitriles is 1. The van der Waals surface area contributed by atoms with Crippen molar-refractivity contribution in [1.82, 2.24) is 19.7 Å². The Morgan fingerprint density at radius 2 is 1.87 bits per heavy atom. The lowest BCUT2D eigenvalue weighted by Crippen LogP contribution is -2.47. The van der Waals surface area contributed by atoms with Crippen LogP contribution in [0.15, 0.2) is 91.5 Å². The Morgan fingerprint density at radius 1 is 1.09 bits per heavy atom. The summed E-state index contributed by atoms with van der Waals surface area (Å²) in [7, 11) is 3.45. The van der Waals surface area contributed by atoms with Crippen molar-refractivity contribution in [2.45, 2.75) is 42.5 Å². The van der Waals surface area contributed by atoms with Crippen molar-refractivity contribution in [3.8, 4) is 6.07 Å². The van der Waals surface area contributed by atoms with Gasteiger partial charge in [-0.05, 0) is 57.4 Å². The van der Waals surface area contributed by atoms with Crippen LogP contribution in [0.25, 0.3) is 6.08 Å². The summed E-state index contributed by atoms with van der Waals surface area (Å²) in [5, 5.41) is 12.1. The Morgan fingerprint density at radius 3 is 2.56 bits per heavy atom. The van der Waals surface area contributed by atoms with Gasteiger partial charge in [0.1, 0.15) is 36.7 Å². The first-order chi connectivity index (χ1) is 26.0. The number of hydrogen-bond acceptors (Lipinski definition) is 11. The summed E-state index contributed by atoms with van der Waals surface area (Å²) >= 11 is 1.32. The second kappa shape index (κ2) is 18.7. The van der Waals surface area contributed by atoms with Gasteiger partial charge in [0, 0.05) is 28.0 Å². The average molecular weight is 762 g/mol. The van der Waals surface area contributed by atoms with Crippen molar-refractivity contribution in [2.24, 2.45) is 0 Å². The Labute approximate surface area is 315 Å². The SMILES string of the molecule is C[C@@H](SC1COC(/C=C/C=C/c2ccc(C#N)cc2F)OC1)[C@@](Cn1cncn1)(OC(=O)c1ccccc1COC(=O)CN(C)C)c1ccc(F)cc1F. The molecule has 4 aromatic rings. The van der Waals surface area contributed by atoms with Gasteiger partial charge in [-0.25, -0.2) is 27.6 Å². The second-order valence-electron chi connectivity index (χ2n) is 12.6. The number of hydrogen-bond donors (Lipinski definition) is 0. The van der Waals surface area contributed by atoms with Crippen molar-refractivity contribution < 1.29 is 41.7 Å². The molecule has 15 heteroatoms. The molecule has 2 heterocycles. The van der Waals surface area contributed by atoms with Gasteiger partial charge in [0.2, 0.25) is 0 Å². The monoisotopic (exact) mass is 761 g/mol. The number of carbonyl (C=O) groups is 2. The highest BCUT2D eigenvalue weighted by atomic mass is 32.2. The van der Waals surface area contributed by atoms with Crippen LogP contribution < -0.4 is 0 Å². The normalized spacial score (nSPS) is 17.7. The van der Waals surface area contributed by atoms with E-state index in [4.69, 9.17) is 24.2 Å². The summed E-state index contributed by atoms with van der Waals surface area (Å²) in [5.41, 5.74) is -0.879. The van der Waals surface area contributed by atoms with Crippen molar-refractivity contribution in [2.75, 3.05) is 33.9 Å². The Hall–Kier alpha value is -5.27. The fourth-order valence-corrected chi connectivity index (χ4v) is 7.01. The van der Waals surface area contributed by atoms with Gasteiger partial charge >= 0.3 is 11.9 Å². The summed E-state index contributed by atoms with van der Waals surface area (Å²) < 4.78 is 69.4. The number of aromatic nitrogens is 3. The van der Waals surface area contributed by atoms with Crippen LogP contribution in [0.4, 0.5) is 13.2 Å². The molecule has 282 valence electrons. The van der Waals surface area contributed by atoms with E-state index in [-0.39, 0.29) is 54.9 Å². The zero-order chi connectivity index (χ0) is 38.7. The molecular formula is C39H38F3N5O6S. The highest BCUT2D eigenvalue weighted by Crippen LogP contribution is 2.42. The zero-order valence-corrected chi connectivity index (χ0v) is 30.5. The zero-order valence-electron chi connectivity index (χ0n) is 29.7. The fourth-order valence-electron chi connectivity index (χ4n) is 5.65. The standard InChI is InChI=1S/C39H38F3N5O6S/c1-26(54-31-21-51-37(52-22-31)11-7-5-8-28-13-12-27(18-43)16-34(28)41)39(23-47-25-44-24-45-47,33-15-14-30(40)17-35(33)42)53-38(49)32-10-6-4-9-29(32)20-50-36(48)19-46(2)3/h4-17,24-26,31,37H,19-23H2,1-3H3/b8-5+,11-7+/t26-,31?,37?,39-/m1/s1. The number of rotatable bonds is 15. The molecule has 0 unspecified atom stereocenters. The lowest BCUT2D eigenvalue weighted by Gasteiger charge is -2.40. The molecule has 0 bridgehead atoms. The maximum Gasteiger partial charge on any atom is 0.339 e. The maximum atomic E-state index is 15.9. The third-order valence-electron chi connectivity index (χ3n) is 8.33. The number of halogens is 3. The molecule has 0 spiro atoms. The number of benzene rings is 3. The molecule has 2 atom stereocenters. The van der Waals surface area contributed by atoms with Crippen LogP contribution in [-0.2, 0) is 42.5 Å². The molecule has 1 aromatic heterocycles. The van der Waals surface area contributed by atoms with Crippen LogP contribution in [0.1, 0.15) is 39.5 Å². The first-order valence-electron chi connectivity index (χ1n) is 16.8. The van der Waals surface area contributed by atoms with Crippen LogP contribution in [0.2, 0.25) is 0 Å².